The Hall–Kier alpha value is -4.05. The van der Waals surface area contributed by atoms with E-state index >= 15 is 0 Å². The number of carbonyl (C=O) groups excluding carboxylic acids is 2. The summed E-state index contributed by atoms with van der Waals surface area (Å²) >= 11 is 0. The minimum absolute atomic E-state index is 0.0127. The quantitative estimate of drug-likeness (QED) is 0.430. The number of carbonyl (C=O) groups is 2. The standard InChI is InChI=1S/C24H22N2O5/c1-5-14-31-19-13-12-17(15-16(19)6-2)21-20(23(27)29-3)22(24(28)30-4)26(25-21)18-10-8-7-9-11-18/h1,7-13,15H,6,14H2,2-4H3. The Morgan fingerprint density at radius 1 is 1.06 bits per heavy atom. The van der Waals surface area contributed by atoms with Crippen LogP contribution in [-0.2, 0) is 15.9 Å². The van der Waals surface area contributed by atoms with E-state index in [0.717, 1.165) is 5.56 Å². The van der Waals surface area contributed by atoms with Gasteiger partial charge in [0.05, 0.1) is 19.9 Å². The predicted octanol–water partition coefficient (Wildman–Crippen LogP) is 3.69. The molecule has 0 aliphatic rings. The molecule has 7 heteroatoms. The fourth-order valence-corrected chi connectivity index (χ4v) is 3.22. The Balaban J connectivity index is 2.27. The Morgan fingerprint density at radius 2 is 1.77 bits per heavy atom. The summed E-state index contributed by atoms with van der Waals surface area (Å²) < 4.78 is 16.9. The molecule has 1 heterocycles. The average molecular weight is 418 g/mol. The summed E-state index contributed by atoms with van der Waals surface area (Å²) in [4.78, 5) is 25.4. The fraction of sp³-hybridized carbons (Fsp3) is 0.208. The van der Waals surface area contributed by atoms with Crippen molar-refractivity contribution in [1.29, 1.82) is 0 Å². The number of nitrogens with zero attached hydrogens (tertiary/aromatic N) is 2. The van der Waals surface area contributed by atoms with Crippen molar-refractivity contribution in [2.24, 2.45) is 0 Å². The van der Waals surface area contributed by atoms with Crippen molar-refractivity contribution in [1.82, 2.24) is 9.78 Å². The Morgan fingerprint density at radius 3 is 2.39 bits per heavy atom. The number of methoxy groups -OCH3 is 2. The largest absolute Gasteiger partial charge is 0.481 e. The second kappa shape index (κ2) is 9.63. The van der Waals surface area contributed by atoms with Gasteiger partial charge >= 0.3 is 11.9 Å². The van der Waals surface area contributed by atoms with Gasteiger partial charge in [-0.2, -0.15) is 5.10 Å². The van der Waals surface area contributed by atoms with Crippen molar-refractivity contribution in [2.75, 3.05) is 20.8 Å². The number of hydrogen-bond donors (Lipinski definition) is 0. The number of aryl methyl sites for hydroxylation is 1. The van der Waals surface area contributed by atoms with Gasteiger partial charge in [0.15, 0.2) is 5.69 Å². The summed E-state index contributed by atoms with van der Waals surface area (Å²) in [6.07, 6.45) is 5.96. The lowest BCUT2D eigenvalue weighted by molar-refractivity contribution is 0.0549. The Kier molecular flexibility index (Phi) is 6.73. The molecular weight excluding hydrogens is 396 g/mol. The van der Waals surface area contributed by atoms with Crippen molar-refractivity contribution in [3.05, 3.63) is 65.4 Å². The molecule has 0 aliphatic carbocycles. The lowest BCUT2D eigenvalue weighted by Gasteiger charge is -2.10. The SMILES string of the molecule is C#CCOc1ccc(-c2nn(-c3ccccc3)c(C(=O)OC)c2C(=O)OC)cc1CC. The molecule has 0 bridgehead atoms. The van der Waals surface area contributed by atoms with E-state index in [2.05, 4.69) is 11.0 Å². The number of ether oxygens (including phenoxy) is 3. The molecule has 1 aromatic heterocycles. The molecule has 0 atom stereocenters. The van der Waals surface area contributed by atoms with E-state index < -0.39 is 11.9 Å². The van der Waals surface area contributed by atoms with E-state index in [4.69, 9.17) is 20.6 Å². The first kappa shape index (κ1) is 21.7. The van der Waals surface area contributed by atoms with Crippen molar-refractivity contribution >= 4 is 11.9 Å². The topological polar surface area (TPSA) is 79.7 Å². The lowest BCUT2D eigenvalue weighted by Crippen LogP contribution is -2.15. The number of terminal acetylenes is 1. The van der Waals surface area contributed by atoms with Gasteiger partial charge in [-0.25, -0.2) is 14.3 Å². The van der Waals surface area contributed by atoms with E-state index in [0.29, 0.717) is 29.1 Å². The second-order valence-corrected chi connectivity index (χ2v) is 6.47. The molecule has 0 amide bonds. The highest BCUT2D eigenvalue weighted by molar-refractivity contribution is 6.06. The van der Waals surface area contributed by atoms with Crippen molar-refractivity contribution in [2.45, 2.75) is 13.3 Å². The van der Waals surface area contributed by atoms with E-state index in [-0.39, 0.29) is 17.9 Å². The van der Waals surface area contributed by atoms with Gasteiger partial charge in [-0.15, -0.1) is 6.42 Å². The predicted molar refractivity (Wildman–Crippen MR) is 115 cm³/mol. The van der Waals surface area contributed by atoms with Crippen LogP contribution >= 0.6 is 0 Å². The molecule has 0 saturated heterocycles. The first-order valence-electron chi connectivity index (χ1n) is 9.60. The summed E-state index contributed by atoms with van der Waals surface area (Å²) in [6.45, 7) is 2.13. The summed E-state index contributed by atoms with van der Waals surface area (Å²) in [6, 6.07) is 14.4. The summed E-state index contributed by atoms with van der Waals surface area (Å²) in [5.41, 5.74) is 2.43. The molecule has 0 N–H and O–H groups in total. The zero-order valence-electron chi connectivity index (χ0n) is 17.5. The number of esters is 2. The molecule has 3 aromatic rings. The first-order valence-corrected chi connectivity index (χ1v) is 9.60. The van der Waals surface area contributed by atoms with Crippen LogP contribution in [0.25, 0.3) is 16.9 Å². The maximum absolute atomic E-state index is 12.7. The number of para-hydroxylation sites is 1. The fourth-order valence-electron chi connectivity index (χ4n) is 3.22. The molecular formula is C24H22N2O5. The van der Waals surface area contributed by atoms with Crippen molar-refractivity contribution in [3.8, 4) is 35.0 Å². The molecule has 158 valence electrons. The average Bonchev–Trinajstić information content (AvgIpc) is 3.22. The monoisotopic (exact) mass is 418 g/mol. The van der Waals surface area contributed by atoms with Crippen molar-refractivity contribution < 1.29 is 23.8 Å². The van der Waals surface area contributed by atoms with Crippen LogP contribution in [0.1, 0.15) is 33.3 Å². The summed E-state index contributed by atoms with van der Waals surface area (Å²) in [5.74, 6) is 1.70. The molecule has 0 aliphatic heterocycles. The zero-order valence-corrected chi connectivity index (χ0v) is 17.5. The van der Waals surface area contributed by atoms with Crippen LogP contribution in [0.15, 0.2) is 48.5 Å². The van der Waals surface area contributed by atoms with Gasteiger partial charge < -0.3 is 14.2 Å². The number of hydrogen-bond acceptors (Lipinski definition) is 6. The van der Waals surface area contributed by atoms with Crippen LogP contribution in [0.2, 0.25) is 0 Å². The molecule has 31 heavy (non-hydrogen) atoms. The minimum atomic E-state index is -0.701. The van der Waals surface area contributed by atoms with Gasteiger partial charge in [0.2, 0.25) is 0 Å². The zero-order chi connectivity index (χ0) is 22.4. The van der Waals surface area contributed by atoms with E-state index in [9.17, 15) is 9.59 Å². The van der Waals surface area contributed by atoms with E-state index in [1.54, 1.807) is 24.3 Å². The molecule has 3 rings (SSSR count). The molecule has 0 radical (unpaired) electrons. The van der Waals surface area contributed by atoms with Gasteiger partial charge in [-0.05, 0) is 42.3 Å². The van der Waals surface area contributed by atoms with Crippen LogP contribution in [0, 0.1) is 12.3 Å². The maximum Gasteiger partial charge on any atom is 0.357 e. The van der Waals surface area contributed by atoms with Gasteiger partial charge in [0.1, 0.15) is 23.6 Å². The summed E-state index contributed by atoms with van der Waals surface area (Å²) in [5, 5.41) is 4.60. The van der Waals surface area contributed by atoms with E-state index in [1.165, 1.54) is 18.9 Å². The number of rotatable bonds is 7. The van der Waals surface area contributed by atoms with Gasteiger partial charge in [0.25, 0.3) is 0 Å². The molecule has 0 spiro atoms. The molecule has 0 fully saturated rings. The summed E-state index contributed by atoms with van der Waals surface area (Å²) in [7, 11) is 2.50. The van der Waals surface area contributed by atoms with Gasteiger partial charge in [0, 0.05) is 5.56 Å². The minimum Gasteiger partial charge on any atom is -0.481 e. The number of benzene rings is 2. The van der Waals surface area contributed by atoms with Crippen molar-refractivity contribution in [3.63, 3.8) is 0 Å². The third kappa shape index (κ3) is 4.28. The second-order valence-electron chi connectivity index (χ2n) is 6.47. The van der Waals surface area contributed by atoms with Crippen LogP contribution in [-0.4, -0.2) is 42.5 Å². The molecule has 7 nitrogen and oxygen atoms in total. The van der Waals surface area contributed by atoms with Crippen LogP contribution in [0.3, 0.4) is 0 Å². The normalized spacial score (nSPS) is 10.3. The maximum atomic E-state index is 12.7. The Bertz CT molecular complexity index is 1140. The van der Waals surface area contributed by atoms with Gasteiger partial charge in [-0.1, -0.05) is 31.0 Å². The highest BCUT2D eigenvalue weighted by Crippen LogP contribution is 2.32. The lowest BCUT2D eigenvalue weighted by atomic mass is 10.0. The third-order valence-electron chi connectivity index (χ3n) is 4.68. The molecule has 2 aromatic carbocycles. The Labute approximate surface area is 180 Å². The molecule has 0 saturated carbocycles. The highest BCUT2D eigenvalue weighted by atomic mass is 16.5. The van der Waals surface area contributed by atoms with Crippen LogP contribution in [0.5, 0.6) is 5.75 Å². The molecule has 0 unspecified atom stereocenters. The number of aromatic nitrogens is 2. The first-order chi connectivity index (χ1) is 15.0. The van der Waals surface area contributed by atoms with E-state index in [1.807, 2.05) is 31.2 Å². The smallest absolute Gasteiger partial charge is 0.357 e. The highest BCUT2D eigenvalue weighted by Gasteiger charge is 2.31. The third-order valence-corrected chi connectivity index (χ3v) is 4.68. The van der Waals surface area contributed by atoms with Crippen LogP contribution in [0.4, 0.5) is 0 Å². The van der Waals surface area contributed by atoms with Gasteiger partial charge in [-0.3, -0.25) is 0 Å². The van der Waals surface area contributed by atoms with Crippen LogP contribution < -0.4 is 4.74 Å².